The first-order chi connectivity index (χ1) is 10.3. The van der Waals surface area contributed by atoms with Crippen molar-refractivity contribution in [2.45, 2.75) is 20.0 Å². The van der Waals surface area contributed by atoms with Gasteiger partial charge in [-0.1, -0.05) is 12.1 Å². The summed E-state index contributed by atoms with van der Waals surface area (Å²) >= 11 is 0. The lowest BCUT2D eigenvalue weighted by molar-refractivity contribution is 0.501. The molecule has 0 aliphatic carbocycles. The molecule has 5 heteroatoms. The summed E-state index contributed by atoms with van der Waals surface area (Å²) in [6.45, 7) is 3.89. The molecule has 0 fully saturated rings. The molecule has 0 amide bonds. The third-order valence-electron chi connectivity index (χ3n) is 2.83. The summed E-state index contributed by atoms with van der Waals surface area (Å²) in [6.07, 6.45) is 1.65. The number of furan rings is 1. The van der Waals surface area contributed by atoms with Gasteiger partial charge in [-0.25, -0.2) is 4.99 Å². The third-order valence-corrected chi connectivity index (χ3v) is 2.83. The zero-order chi connectivity index (χ0) is 14.9. The normalized spacial score (nSPS) is 11.0. The molecule has 2 N–H and O–H groups in total. The van der Waals surface area contributed by atoms with E-state index in [1.807, 2.05) is 37.3 Å². The fourth-order valence-corrected chi connectivity index (χ4v) is 1.84. The Morgan fingerprint density at radius 3 is 2.90 bits per heavy atom. The molecule has 0 saturated carbocycles. The van der Waals surface area contributed by atoms with Gasteiger partial charge in [-0.3, -0.25) is 0 Å². The van der Waals surface area contributed by atoms with E-state index in [9.17, 15) is 0 Å². The smallest absolute Gasteiger partial charge is 0.191 e. The Bertz CT molecular complexity index is 626. The van der Waals surface area contributed by atoms with E-state index in [4.69, 9.17) is 9.68 Å². The molecule has 2 rings (SSSR count). The van der Waals surface area contributed by atoms with Gasteiger partial charge in [0.2, 0.25) is 0 Å². The highest BCUT2D eigenvalue weighted by atomic mass is 16.3. The van der Waals surface area contributed by atoms with Gasteiger partial charge in [-0.2, -0.15) is 5.26 Å². The number of rotatable bonds is 5. The van der Waals surface area contributed by atoms with Crippen LogP contribution < -0.4 is 10.6 Å². The largest absolute Gasteiger partial charge is 0.467 e. The average Bonchev–Trinajstić information content (AvgIpc) is 3.03. The van der Waals surface area contributed by atoms with E-state index >= 15 is 0 Å². The van der Waals surface area contributed by atoms with Gasteiger partial charge in [-0.15, -0.1) is 0 Å². The molecule has 0 atom stereocenters. The number of nitrogens with one attached hydrogen (secondary N) is 2. The summed E-state index contributed by atoms with van der Waals surface area (Å²) < 4.78 is 5.27. The predicted molar refractivity (Wildman–Crippen MR) is 81.5 cm³/mol. The molecule has 1 aromatic heterocycles. The maximum absolute atomic E-state index is 8.89. The molecule has 0 unspecified atom stereocenters. The van der Waals surface area contributed by atoms with Crippen molar-refractivity contribution >= 4 is 5.96 Å². The Kier molecular flexibility index (Phi) is 5.41. The average molecular weight is 282 g/mol. The molecule has 1 aromatic carbocycles. The zero-order valence-electron chi connectivity index (χ0n) is 12.0. The summed E-state index contributed by atoms with van der Waals surface area (Å²) in [5.41, 5.74) is 1.65. The van der Waals surface area contributed by atoms with E-state index in [2.05, 4.69) is 21.7 Å². The van der Waals surface area contributed by atoms with E-state index in [0.717, 1.165) is 23.8 Å². The first-order valence-electron chi connectivity index (χ1n) is 6.85. The Hall–Kier alpha value is -2.74. The van der Waals surface area contributed by atoms with Crippen molar-refractivity contribution in [1.29, 1.82) is 5.26 Å². The van der Waals surface area contributed by atoms with Crippen LogP contribution in [-0.2, 0) is 13.1 Å². The van der Waals surface area contributed by atoms with Gasteiger partial charge in [0.1, 0.15) is 5.76 Å². The van der Waals surface area contributed by atoms with Crippen molar-refractivity contribution in [1.82, 2.24) is 10.6 Å². The molecule has 5 nitrogen and oxygen atoms in total. The summed E-state index contributed by atoms with van der Waals surface area (Å²) in [6, 6.07) is 13.4. The number of aliphatic imine (C=N–C) groups is 1. The zero-order valence-corrected chi connectivity index (χ0v) is 12.0. The Morgan fingerprint density at radius 2 is 2.19 bits per heavy atom. The van der Waals surface area contributed by atoms with Crippen LogP contribution in [0.3, 0.4) is 0 Å². The Labute approximate surface area is 124 Å². The second kappa shape index (κ2) is 7.75. The molecule has 0 bridgehead atoms. The minimum absolute atomic E-state index is 0.517. The van der Waals surface area contributed by atoms with Crippen molar-refractivity contribution in [2.75, 3.05) is 6.54 Å². The Morgan fingerprint density at radius 1 is 1.29 bits per heavy atom. The molecule has 0 radical (unpaired) electrons. The highest BCUT2D eigenvalue weighted by Crippen LogP contribution is 2.05. The number of hydrogen-bond donors (Lipinski definition) is 2. The molecule has 1 heterocycles. The quantitative estimate of drug-likeness (QED) is 0.652. The molecular weight excluding hydrogens is 264 g/mol. The van der Waals surface area contributed by atoms with Crippen LogP contribution in [0.15, 0.2) is 52.1 Å². The van der Waals surface area contributed by atoms with Gasteiger partial charge in [0.05, 0.1) is 31.0 Å². The second-order valence-electron chi connectivity index (χ2n) is 4.44. The van der Waals surface area contributed by atoms with Gasteiger partial charge in [0, 0.05) is 6.54 Å². The number of benzene rings is 1. The molecule has 0 spiro atoms. The van der Waals surface area contributed by atoms with Gasteiger partial charge in [0.25, 0.3) is 0 Å². The van der Waals surface area contributed by atoms with Gasteiger partial charge < -0.3 is 15.1 Å². The summed E-state index contributed by atoms with van der Waals surface area (Å²) in [5, 5.41) is 15.3. The van der Waals surface area contributed by atoms with Crippen LogP contribution in [0.4, 0.5) is 0 Å². The van der Waals surface area contributed by atoms with Crippen molar-refractivity contribution < 1.29 is 4.42 Å². The van der Waals surface area contributed by atoms with Crippen molar-refractivity contribution in [3.63, 3.8) is 0 Å². The minimum atomic E-state index is 0.517. The topological polar surface area (TPSA) is 73.3 Å². The molecule has 0 aliphatic rings. The third kappa shape index (κ3) is 4.69. The predicted octanol–water partition coefficient (Wildman–Crippen LogP) is 2.41. The van der Waals surface area contributed by atoms with Crippen LogP contribution in [0, 0.1) is 11.3 Å². The van der Waals surface area contributed by atoms with E-state index < -0.39 is 0 Å². The van der Waals surface area contributed by atoms with Gasteiger partial charge in [-0.05, 0) is 36.8 Å². The van der Waals surface area contributed by atoms with E-state index in [0.29, 0.717) is 18.7 Å². The molecule has 0 saturated heterocycles. The molecule has 21 heavy (non-hydrogen) atoms. The van der Waals surface area contributed by atoms with Gasteiger partial charge >= 0.3 is 0 Å². The molecule has 108 valence electrons. The van der Waals surface area contributed by atoms with Crippen LogP contribution in [0.2, 0.25) is 0 Å². The highest BCUT2D eigenvalue weighted by molar-refractivity contribution is 5.79. The first-order valence-corrected chi connectivity index (χ1v) is 6.85. The van der Waals surface area contributed by atoms with Crippen molar-refractivity contribution in [2.24, 2.45) is 4.99 Å². The second-order valence-corrected chi connectivity index (χ2v) is 4.44. The van der Waals surface area contributed by atoms with Crippen LogP contribution in [0.5, 0.6) is 0 Å². The van der Waals surface area contributed by atoms with Crippen LogP contribution >= 0.6 is 0 Å². The molecule has 0 aliphatic heterocycles. The first kappa shape index (κ1) is 14.7. The van der Waals surface area contributed by atoms with Crippen LogP contribution in [0.1, 0.15) is 23.8 Å². The van der Waals surface area contributed by atoms with E-state index in [-0.39, 0.29) is 0 Å². The number of nitriles is 1. The van der Waals surface area contributed by atoms with E-state index in [1.54, 1.807) is 12.3 Å². The monoisotopic (exact) mass is 282 g/mol. The van der Waals surface area contributed by atoms with E-state index in [1.165, 1.54) is 0 Å². The van der Waals surface area contributed by atoms with Crippen LogP contribution in [-0.4, -0.2) is 12.5 Å². The maximum Gasteiger partial charge on any atom is 0.191 e. The Balaban J connectivity index is 1.97. The van der Waals surface area contributed by atoms with Crippen molar-refractivity contribution in [3.8, 4) is 6.07 Å². The van der Waals surface area contributed by atoms with Gasteiger partial charge in [0.15, 0.2) is 5.96 Å². The summed E-state index contributed by atoms with van der Waals surface area (Å²) in [4.78, 5) is 4.50. The lowest BCUT2D eigenvalue weighted by atomic mass is 10.1. The molecular formula is C16H18N4O. The summed E-state index contributed by atoms with van der Waals surface area (Å²) in [5.74, 6) is 1.57. The summed E-state index contributed by atoms with van der Waals surface area (Å²) in [7, 11) is 0. The SMILES string of the molecule is CCNC(=NCc1cccc(C#N)c1)NCc1ccco1. The highest BCUT2D eigenvalue weighted by Gasteiger charge is 2.00. The van der Waals surface area contributed by atoms with Crippen LogP contribution in [0.25, 0.3) is 0 Å². The standard InChI is InChI=1S/C16H18N4O/c1-2-18-16(20-12-15-7-4-8-21-15)19-11-14-6-3-5-13(9-14)10-17/h3-9H,2,11-12H2,1H3,(H2,18,19,20). The number of guanidine groups is 1. The number of nitrogens with zero attached hydrogens (tertiary/aromatic N) is 2. The lowest BCUT2D eigenvalue weighted by Crippen LogP contribution is -2.36. The fraction of sp³-hybridized carbons (Fsp3) is 0.250. The minimum Gasteiger partial charge on any atom is -0.467 e. The lowest BCUT2D eigenvalue weighted by Gasteiger charge is -2.10. The fourth-order valence-electron chi connectivity index (χ4n) is 1.84. The number of hydrogen-bond acceptors (Lipinski definition) is 3. The van der Waals surface area contributed by atoms with Crippen molar-refractivity contribution in [3.05, 3.63) is 59.5 Å². The maximum atomic E-state index is 8.89. The molecule has 2 aromatic rings.